The van der Waals surface area contributed by atoms with E-state index in [4.69, 9.17) is 0 Å². The van der Waals surface area contributed by atoms with Crippen LogP contribution in [0.2, 0.25) is 0 Å². The first kappa shape index (κ1) is 16.6. The molecule has 2 aliphatic rings. The highest BCUT2D eigenvalue weighted by Gasteiger charge is 2.31. The molecule has 8 heteroatoms. The van der Waals surface area contributed by atoms with Gasteiger partial charge >= 0.3 is 0 Å². The minimum Gasteiger partial charge on any atom is -0.340 e. The fourth-order valence-electron chi connectivity index (χ4n) is 3.53. The molecule has 0 N–H and O–H groups in total. The van der Waals surface area contributed by atoms with E-state index in [0.717, 1.165) is 11.5 Å². The van der Waals surface area contributed by atoms with Crippen molar-refractivity contribution in [2.24, 2.45) is 7.05 Å². The molecule has 0 unspecified atom stereocenters. The molecule has 26 heavy (non-hydrogen) atoms. The zero-order valence-corrected chi connectivity index (χ0v) is 15.0. The maximum absolute atomic E-state index is 12.7. The number of nitrogens with zero attached hydrogens (tertiary/aromatic N) is 6. The Balaban J connectivity index is 1.49. The topological polar surface area (TPSA) is 76.3 Å². The number of hydrogen-bond acceptors (Lipinski definition) is 4. The van der Waals surface area contributed by atoms with Gasteiger partial charge in [-0.05, 0) is 6.92 Å². The Labute approximate surface area is 151 Å². The average molecular weight is 354 g/mol. The number of hydrogen-bond donors (Lipinski definition) is 0. The molecule has 2 aromatic rings. The van der Waals surface area contributed by atoms with Gasteiger partial charge in [0.05, 0.1) is 24.5 Å². The van der Waals surface area contributed by atoms with Gasteiger partial charge < -0.3 is 18.9 Å². The summed E-state index contributed by atoms with van der Waals surface area (Å²) in [7, 11) is 1.84. The first-order valence-electron chi connectivity index (χ1n) is 8.80. The largest absolute Gasteiger partial charge is 0.340 e. The number of rotatable bonds is 3. The third kappa shape index (κ3) is 2.91. The Bertz CT molecular complexity index is 872. The van der Waals surface area contributed by atoms with Crippen LogP contribution in [-0.2, 0) is 24.8 Å². The van der Waals surface area contributed by atoms with Crippen LogP contribution in [0.1, 0.15) is 35.0 Å². The predicted octanol–water partition coefficient (Wildman–Crippen LogP) is 0.774. The Kier molecular flexibility index (Phi) is 4.10. The highest BCUT2D eigenvalue weighted by Crippen LogP contribution is 2.26. The van der Waals surface area contributed by atoms with Crippen LogP contribution in [0.15, 0.2) is 30.9 Å². The van der Waals surface area contributed by atoms with Gasteiger partial charge in [-0.25, -0.2) is 9.97 Å². The van der Waals surface area contributed by atoms with Crippen molar-refractivity contribution >= 4 is 11.8 Å². The summed E-state index contributed by atoms with van der Waals surface area (Å²) in [5.74, 6) is 0.815. The molecule has 4 rings (SSSR count). The van der Waals surface area contributed by atoms with E-state index in [1.807, 2.05) is 32.3 Å². The zero-order valence-electron chi connectivity index (χ0n) is 15.0. The fourth-order valence-corrected chi connectivity index (χ4v) is 3.53. The number of amides is 2. The standard InChI is InChI=1S/C18H22N6O2/c1-13-17-20-14(9-16(25)22-5-3-4-6-22)10-23(17)7-8-24(13)18(26)15-11-21(2)12-19-15/h3-4,10-13H,5-9H2,1-2H3/t13-/m1/s1. The van der Waals surface area contributed by atoms with Gasteiger partial charge in [0.2, 0.25) is 5.91 Å². The van der Waals surface area contributed by atoms with Crippen LogP contribution >= 0.6 is 0 Å². The van der Waals surface area contributed by atoms with Crippen LogP contribution in [0.4, 0.5) is 0 Å². The molecule has 2 amide bonds. The van der Waals surface area contributed by atoms with Crippen LogP contribution in [0.5, 0.6) is 0 Å². The number of aryl methyl sites for hydroxylation is 1. The van der Waals surface area contributed by atoms with Crippen molar-refractivity contribution in [2.45, 2.75) is 25.9 Å². The Hall–Kier alpha value is -2.90. The molecule has 0 saturated carbocycles. The van der Waals surface area contributed by atoms with Crippen LogP contribution in [0.25, 0.3) is 0 Å². The lowest BCUT2D eigenvalue weighted by atomic mass is 10.2. The molecule has 8 nitrogen and oxygen atoms in total. The van der Waals surface area contributed by atoms with E-state index in [2.05, 4.69) is 14.5 Å². The lowest BCUT2D eigenvalue weighted by Gasteiger charge is -2.33. The number of fused-ring (bicyclic) bond motifs is 1. The van der Waals surface area contributed by atoms with Crippen molar-refractivity contribution in [3.05, 3.63) is 48.1 Å². The monoisotopic (exact) mass is 354 g/mol. The molecule has 0 saturated heterocycles. The Morgan fingerprint density at radius 2 is 1.96 bits per heavy atom. The van der Waals surface area contributed by atoms with Gasteiger partial charge in [-0.3, -0.25) is 9.59 Å². The SMILES string of the molecule is C[C@@H]1c2nc(CC(=O)N3CC=CC3)cn2CCN1C(=O)c1cn(C)cn1. The van der Waals surface area contributed by atoms with Gasteiger partial charge in [-0.2, -0.15) is 0 Å². The molecule has 4 heterocycles. The minimum absolute atomic E-state index is 0.0829. The third-order valence-corrected chi connectivity index (χ3v) is 4.97. The van der Waals surface area contributed by atoms with Crippen molar-refractivity contribution in [1.29, 1.82) is 0 Å². The number of aromatic nitrogens is 4. The van der Waals surface area contributed by atoms with Crippen molar-refractivity contribution in [3.8, 4) is 0 Å². The summed E-state index contributed by atoms with van der Waals surface area (Å²) in [4.78, 5) is 37.5. The van der Waals surface area contributed by atoms with E-state index < -0.39 is 0 Å². The Morgan fingerprint density at radius 1 is 1.19 bits per heavy atom. The minimum atomic E-state index is -0.157. The van der Waals surface area contributed by atoms with Crippen LogP contribution < -0.4 is 0 Å². The third-order valence-electron chi connectivity index (χ3n) is 4.97. The normalized spacial score (nSPS) is 19.1. The van der Waals surface area contributed by atoms with E-state index >= 15 is 0 Å². The molecule has 0 bridgehead atoms. The van der Waals surface area contributed by atoms with Crippen LogP contribution in [0, 0.1) is 0 Å². The van der Waals surface area contributed by atoms with Gasteiger partial charge in [0.25, 0.3) is 5.91 Å². The zero-order chi connectivity index (χ0) is 18.3. The summed E-state index contributed by atoms with van der Waals surface area (Å²) < 4.78 is 3.82. The first-order valence-corrected chi connectivity index (χ1v) is 8.80. The molecular weight excluding hydrogens is 332 g/mol. The van der Waals surface area contributed by atoms with Crippen molar-refractivity contribution < 1.29 is 9.59 Å². The summed E-state index contributed by atoms with van der Waals surface area (Å²) in [6.07, 6.45) is 9.58. The van der Waals surface area contributed by atoms with E-state index in [0.29, 0.717) is 38.3 Å². The lowest BCUT2D eigenvalue weighted by Crippen LogP contribution is -2.41. The summed E-state index contributed by atoms with van der Waals surface area (Å²) in [5, 5.41) is 0. The molecule has 2 aromatic heterocycles. The van der Waals surface area contributed by atoms with E-state index in [1.54, 1.807) is 26.9 Å². The van der Waals surface area contributed by atoms with E-state index in [-0.39, 0.29) is 17.9 Å². The molecule has 0 fully saturated rings. The first-order chi connectivity index (χ1) is 12.5. The highest BCUT2D eigenvalue weighted by atomic mass is 16.2. The molecule has 2 aliphatic heterocycles. The number of imidazole rings is 2. The maximum atomic E-state index is 12.7. The highest BCUT2D eigenvalue weighted by molar-refractivity contribution is 5.92. The molecular formula is C18H22N6O2. The maximum Gasteiger partial charge on any atom is 0.274 e. The summed E-state index contributed by atoms with van der Waals surface area (Å²) in [6.45, 7) is 4.59. The Morgan fingerprint density at radius 3 is 2.65 bits per heavy atom. The fraction of sp³-hybridized carbons (Fsp3) is 0.444. The summed E-state index contributed by atoms with van der Waals surface area (Å²) in [6, 6.07) is -0.157. The quantitative estimate of drug-likeness (QED) is 0.763. The molecule has 1 atom stereocenters. The van der Waals surface area contributed by atoms with Crippen molar-refractivity contribution in [2.75, 3.05) is 19.6 Å². The second-order valence-corrected chi connectivity index (χ2v) is 6.83. The van der Waals surface area contributed by atoms with Gasteiger partial charge in [-0.1, -0.05) is 12.2 Å². The molecule has 136 valence electrons. The van der Waals surface area contributed by atoms with E-state index in [9.17, 15) is 9.59 Å². The van der Waals surface area contributed by atoms with Crippen molar-refractivity contribution in [1.82, 2.24) is 28.9 Å². The molecule has 0 aliphatic carbocycles. The summed E-state index contributed by atoms with van der Waals surface area (Å²) in [5.41, 5.74) is 1.20. The molecule has 0 aromatic carbocycles. The van der Waals surface area contributed by atoms with Gasteiger partial charge in [0, 0.05) is 45.6 Å². The second-order valence-electron chi connectivity index (χ2n) is 6.83. The summed E-state index contributed by atoms with van der Waals surface area (Å²) >= 11 is 0. The van der Waals surface area contributed by atoms with Crippen LogP contribution in [0.3, 0.4) is 0 Å². The van der Waals surface area contributed by atoms with Crippen LogP contribution in [-0.4, -0.2) is 60.4 Å². The number of carbonyl (C=O) groups is 2. The van der Waals surface area contributed by atoms with Gasteiger partial charge in [0.15, 0.2) is 0 Å². The average Bonchev–Trinajstić information content (AvgIpc) is 3.34. The van der Waals surface area contributed by atoms with Gasteiger partial charge in [0.1, 0.15) is 11.5 Å². The van der Waals surface area contributed by atoms with Gasteiger partial charge in [-0.15, -0.1) is 0 Å². The van der Waals surface area contributed by atoms with Crippen molar-refractivity contribution in [3.63, 3.8) is 0 Å². The number of carbonyl (C=O) groups excluding carboxylic acids is 2. The van der Waals surface area contributed by atoms with E-state index in [1.165, 1.54) is 0 Å². The lowest BCUT2D eigenvalue weighted by molar-refractivity contribution is -0.129. The smallest absolute Gasteiger partial charge is 0.274 e. The molecule has 0 radical (unpaired) electrons. The predicted molar refractivity (Wildman–Crippen MR) is 94.3 cm³/mol. The molecule has 0 spiro atoms. The second kappa shape index (κ2) is 6.44.